The van der Waals surface area contributed by atoms with E-state index in [-0.39, 0.29) is 0 Å². The molecule has 0 unspecified atom stereocenters. The van der Waals surface area contributed by atoms with Gasteiger partial charge >= 0.3 is 0 Å². The van der Waals surface area contributed by atoms with Gasteiger partial charge in [-0.3, -0.25) is 0 Å². The first-order valence-corrected chi connectivity index (χ1v) is 5.74. The summed E-state index contributed by atoms with van der Waals surface area (Å²) < 4.78 is 5.77. The number of nitrogens with zero attached hydrogens (tertiary/aromatic N) is 1. The van der Waals surface area contributed by atoms with Crippen molar-refractivity contribution in [3.8, 4) is 11.5 Å². The lowest BCUT2D eigenvalue weighted by molar-refractivity contribution is 0.617. The molecular weight excluding hydrogens is 234 g/mol. The predicted molar refractivity (Wildman–Crippen MR) is 69.2 cm³/mol. The molecule has 0 amide bonds. The highest BCUT2D eigenvalue weighted by Crippen LogP contribution is 2.30. The Morgan fingerprint density at radius 3 is 2.65 bits per heavy atom. The van der Waals surface area contributed by atoms with Gasteiger partial charge in [-0.25, -0.2) is 4.98 Å². The van der Waals surface area contributed by atoms with E-state index >= 15 is 0 Å². The van der Waals surface area contributed by atoms with Crippen LogP contribution in [0.25, 0.3) is 22.6 Å². The van der Waals surface area contributed by atoms with E-state index in [0.29, 0.717) is 10.9 Å². The van der Waals surface area contributed by atoms with Crippen LogP contribution >= 0.6 is 11.6 Å². The molecule has 3 aromatic rings. The van der Waals surface area contributed by atoms with Gasteiger partial charge in [0.2, 0.25) is 5.89 Å². The monoisotopic (exact) mass is 243 g/mol. The average molecular weight is 244 g/mol. The van der Waals surface area contributed by atoms with Gasteiger partial charge in [0.25, 0.3) is 0 Å². The Hall–Kier alpha value is -1.80. The number of hydrogen-bond donors (Lipinski definition) is 0. The Morgan fingerprint density at radius 2 is 1.88 bits per heavy atom. The Balaban J connectivity index is 2.26. The molecule has 0 atom stereocenters. The average Bonchev–Trinajstić information content (AvgIpc) is 2.75. The largest absolute Gasteiger partial charge is 0.436 e. The van der Waals surface area contributed by atoms with Crippen LogP contribution < -0.4 is 0 Å². The second-order valence-electron chi connectivity index (χ2n) is 3.92. The van der Waals surface area contributed by atoms with Crippen molar-refractivity contribution in [3.63, 3.8) is 0 Å². The van der Waals surface area contributed by atoms with Gasteiger partial charge in [-0.2, -0.15) is 0 Å². The van der Waals surface area contributed by atoms with Crippen LogP contribution in [0, 0.1) is 6.92 Å². The highest BCUT2D eigenvalue weighted by Gasteiger charge is 2.11. The summed E-state index contributed by atoms with van der Waals surface area (Å²) in [6.07, 6.45) is 0. The van der Waals surface area contributed by atoms with Gasteiger partial charge in [0.1, 0.15) is 5.52 Å². The van der Waals surface area contributed by atoms with Crippen LogP contribution in [0.1, 0.15) is 5.56 Å². The molecule has 1 heterocycles. The Morgan fingerprint density at radius 1 is 1.06 bits per heavy atom. The molecule has 84 valence electrons. The molecule has 1 aromatic heterocycles. The Bertz CT molecular complexity index is 688. The molecule has 3 heteroatoms. The SMILES string of the molecule is Cc1cccc2nc(-c3ccccc3Cl)oc12. The number of rotatable bonds is 1. The van der Waals surface area contributed by atoms with E-state index in [0.717, 1.165) is 22.2 Å². The topological polar surface area (TPSA) is 26.0 Å². The van der Waals surface area contributed by atoms with Gasteiger partial charge in [-0.05, 0) is 30.7 Å². The lowest BCUT2D eigenvalue weighted by atomic mass is 10.2. The van der Waals surface area contributed by atoms with E-state index in [1.165, 1.54) is 0 Å². The zero-order valence-corrected chi connectivity index (χ0v) is 10.0. The van der Waals surface area contributed by atoms with Crippen molar-refractivity contribution in [2.24, 2.45) is 0 Å². The minimum Gasteiger partial charge on any atom is -0.436 e. The van der Waals surface area contributed by atoms with Crippen LogP contribution in [0.2, 0.25) is 5.02 Å². The van der Waals surface area contributed by atoms with Crippen molar-refractivity contribution in [1.82, 2.24) is 4.98 Å². The minimum absolute atomic E-state index is 0.569. The Labute approximate surface area is 104 Å². The summed E-state index contributed by atoms with van der Waals surface area (Å²) in [7, 11) is 0. The van der Waals surface area contributed by atoms with Crippen molar-refractivity contribution < 1.29 is 4.42 Å². The van der Waals surface area contributed by atoms with E-state index in [2.05, 4.69) is 4.98 Å². The van der Waals surface area contributed by atoms with Crippen molar-refractivity contribution in [3.05, 3.63) is 53.1 Å². The number of oxazole rings is 1. The first-order chi connectivity index (χ1) is 8.25. The predicted octanol–water partition coefficient (Wildman–Crippen LogP) is 4.46. The maximum atomic E-state index is 6.13. The quantitative estimate of drug-likeness (QED) is 0.631. The van der Waals surface area contributed by atoms with Crippen LogP contribution in [0.15, 0.2) is 46.9 Å². The zero-order valence-electron chi connectivity index (χ0n) is 9.27. The van der Waals surface area contributed by atoms with Crippen LogP contribution in [0.4, 0.5) is 0 Å². The molecule has 0 spiro atoms. The van der Waals surface area contributed by atoms with E-state index in [4.69, 9.17) is 16.0 Å². The third-order valence-electron chi connectivity index (χ3n) is 2.72. The summed E-state index contributed by atoms with van der Waals surface area (Å²) in [6.45, 7) is 2.00. The fourth-order valence-corrected chi connectivity index (χ4v) is 2.05. The molecule has 17 heavy (non-hydrogen) atoms. The zero-order chi connectivity index (χ0) is 11.8. The summed E-state index contributed by atoms with van der Waals surface area (Å²) in [5.41, 5.74) is 3.58. The van der Waals surface area contributed by atoms with E-state index in [9.17, 15) is 0 Å². The number of aromatic nitrogens is 1. The third kappa shape index (κ3) is 1.71. The van der Waals surface area contributed by atoms with Gasteiger partial charge in [0, 0.05) is 0 Å². The molecule has 2 aromatic carbocycles. The molecule has 0 N–H and O–H groups in total. The number of fused-ring (bicyclic) bond motifs is 1. The van der Waals surface area contributed by atoms with Crippen LogP contribution in [0.5, 0.6) is 0 Å². The number of para-hydroxylation sites is 1. The summed E-state index contributed by atoms with van der Waals surface area (Å²) in [6, 6.07) is 13.5. The summed E-state index contributed by atoms with van der Waals surface area (Å²) >= 11 is 6.13. The smallest absolute Gasteiger partial charge is 0.228 e. The second kappa shape index (κ2) is 3.90. The molecule has 0 saturated carbocycles. The molecule has 2 nitrogen and oxygen atoms in total. The molecule has 3 rings (SSSR count). The van der Waals surface area contributed by atoms with Crippen LogP contribution in [-0.4, -0.2) is 4.98 Å². The van der Waals surface area contributed by atoms with Crippen molar-refractivity contribution in [2.75, 3.05) is 0 Å². The lowest BCUT2D eigenvalue weighted by Gasteiger charge is -1.97. The molecule has 0 fully saturated rings. The standard InChI is InChI=1S/C14H10ClNO/c1-9-5-4-8-12-13(9)17-14(16-12)10-6-2-3-7-11(10)15/h2-8H,1H3. The summed E-state index contributed by atoms with van der Waals surface area (Å²) in [4.78, 5) is 4.45. The maximum Gasteiger partial charge on any atom is 0.228 e. The lowest BCUT2D eigenvalue weighted by Crippen LogP contribution is -1.77. The Kier molecular flexibility index (Phi) is 2.37. The first-order valence-electron chi connectivity index (χ1n) is 5.37. The number of aryl methyl sites for hydroxylation is 1. The van der Waals surface area contributed by atoms with Crippen molar-refractivity contribution in [2.45, 2.75) is 6.92 Å². The molecule has 0 aliphatic heterocycles. The van der Waals surface area contributed by atoms with Crippen molar-refractivity contribution >= 4 is 22.7 Å². The highest BCUT2D eigenvalue weighted by molar-refractivity contribution is 6.33. The molecule has 0 saturated heterocycles. The highest BCUT2D eigenvalue weighted by atomic mass is 35.5. The van der Waals surface area contributed by atoms with E-state index in [1.54, 1.807) is 0 Å². The van der Waals surface area contributed by atoms with Gasteiger partial charge in [-0.15, -0.1) is 0 Å². The van der Waals surface area contributed by atoms with E-state index < -0.39 is 0 Å². The molecule has 0 radical (unpaired) electrons. The summed E-state index contributed by atoms with van der Waals surface area (Å²) in [5, 5.41) is 0.650. The molecular formula is C14H10ClNO. The third-order valence-corrected chi connectivity index (χ3v) is 3.05. The number of hydrogen-bond acceptors (Lipinski definition) is 2. The number of benzene rings is 2. The fourth-order valence-electron chi connectivity index (χ4n) is 1.84. The maximum absolute atomic E-state index is 6.13. The number of halogens is 1. The molecule has 0 aliphatic carbocycles. The normalized spacial score (nSPS) is 10.9. The summed E-state index contributed by atoms with van der Waals surface area (Å²) in [5.74, 6) is 0.569. The second-order valence-corrected chi connectivity index (χ2v) is 4.33. The van der Waals surface area contributed by atoms with Gasteiger partial charge in [0.05, 0.1) is 10.6 Å². The molecule has 0 aliphatic rings. The van der Waals surface area contributed by atoms with Crippen molar-refractivity contribution in [1.29, 1.82) is 0 Å². The van der Waals surface area contributed by atoms with Crippen LogP contribution in [0.3, 0.4) is 0 Å². The van der Waals surface area contributed by atoms with Gasteiger partial charge in [-0.1, -0.05) is 35.9 Å². The van der Waals surface area contributed by atoms with Gasteiger partial charge < -0.3 is 4.42 Å². The van der Waals surface area contributed by atoms with Gasteiger partial charge in [0.15, 0.2) is 5.58 Å². The van der Waals surface area contributed by atoms with E-state index in [1.807, 2.05) is 49.4 Å². The molecule has 0 bridgehead atoms. The fraction of sp³-hybridized carbons (Fsp3) is 0.0714. The first kappa shape index (κ1) is 10.4. The minimum atomic E-state index is 0.569. The van der Waals surface area contributed by atoms with Crippen LogP contribution in [-0.2, 0) is 0 Å².